The zero-order chi connectivity index (χ0) is 13.9. The van der Waals surface area contributed by atoms with Gasteiger partial charge in [-0.15, -0.1) is 11.3 Å². The quantitative estimate of drug-likeness (QED) is 0.726. The van der Waals surface area contributed by atoms with Crippen LogP contribution in [-0.4, -0.2) is 11.5 Å². The van der Waals surface area contributed by atoms with Crippen LogP contribution in [0.2, 0.25) is 0 Å². The van der Waals surface area contributed by atoms with Gasteiger partial charge in [-0.3, -0.25) is 0 Å². The van der Waals surface area contributed by atoms with Crippen LogP contribution in [-0.2, 0) is 0 Å². The molecule has 0 unspecified atom stereocenters. The monoisotopic (exact) mass is 282 g/mol. The van der Waals surface area contributed by atoms with Crippen molar-refractivity contribution in [2.24, 2.45) is 5.92 Å². The molecule has 3 rings (SSSR count). The summed E-state index contributed by atoms with van der Waals surface area (Å²) >= 11 is 1.67. The van der Waals surface area contributed by atoms with Gasteiger partial charge in [-0.2, -0.15) is 0 Å². The lowest BCUT2D eigenvalue weighted by atomic mass is 10.0. The molecule has 0 radical (unpaired) electrons. The van der Waals surface area contributed by atoms with E-state index in [0.717, 1.165) is 17.4 Å². The van der Waals surface area contributed by atoms with Crippen LogP contribution in [0.25, 0.3) is 22.0 Å². The molecule has 0 saturated carbocycles. The first kappa shape index (κ1) is 13.1. The van der Waals surface area contributed by atoms with E-state index >= 15 is 0 Å². The summed E-state index contributed by atoms with van der Waals surface area (Å²) in [5.41, 5.74) is 2.26. The van der Waals surface area contributed by atoms with Crippen molar-refractivity contribution in [3.05, 3.63) is 47.8 Å². The van der Waals surface area contributed by atoms with Crippen molar-refractivity contribution in [1.82, 2.24) is 4.98 Å². The van der Waals surface area contributed by atoms with Gasteiger partial charge in [-0.1, -0.05) is 56.3 Å². The predicted octanol–water partition coefficient (Wildman–Crippen LogP) is 5.03. The molecule has 0 aliphatic rings. The molecule has 102 valence electrons. The maximum atomic E-state index is 4.71. The Hall–Kier alpha value is -1.87. The Morgan fingerprint density at radius 2 is 1.90 bits per heavy atom. The smallest absolute Gasteiger partial charge is 0.183 e. The van der Waals surface area contributed by atoms with Crippen LogP contribution in [0.5, 0.6) is 0 Å². The van der Waals surface area contributed by atoms with Gasteiger partial charge in [0.15, 0.2) is 5.13 Å². The van der Waals surface area contributed by atoms with Crippen LogP contribution >= 0.6 is 11.3 Å². The van der Waals surface area contributed by atoms with Gasteiger partial charge in [0.1, 0.15) is 0 Å². The maximum absolute atomic E-state index is 4.71. The molecule has 0 spiro atoms. The fourth-order valence-electron chi connectivity index (χ4n) is 2.22. The van der Waals surface area contributed by atoms with Gasteiger partial charge in [0.05, 0.1) is 5.69 Å². The average molecular weight is 282 g/mol. The van der Waals surface area contributed by atoms with Crippen LogP contribution in [0, 0.1) is 5.92 Å². The average Bonchev–Trinajstić information content (AvgIpc) is 2.93. The highest BCUT2D eigenvalue weighted by molar-refractivity contribution is 7.14. The third-order valence-electron chi connectivity index (χ3n) is 3.23. The summed E-state index contributed by atoms with van der Waals surface area (Å²) in [7, 11) is 0. The maximum Gasteiger partial charge on any atom is 0.183 e. The summed E-state index contributed by atoms with van der Waals surface area (Å²) < 4.78 is 0. The summed E-state index contributed by atoms with van der Waals surface area (Å²) in [5, 5.41) is 9.04. The lowest BCUT2D eigenvalue weighted by molar-refractivity contribution is 0.688. The normalized spacial score (nSPS) is 11.2. The highest BCUT2D eigenvalue weighted by atomic mass is 32.1. The number of anilines is 1. The number of nitrogens with one attached hydrogen (secondary N) is 1. The minimum absolute atomic E-state index is 0.625. The van der Waals surface area contributed by atoms with E-state index in [1.165, 1.54) is 16.3 Å². The molecule has 1 aromatic heterocycles. The van der Waals surface area contributed by atoms with Gasteiger partial charge >= 0.3 is 0 Å². The molecule has 1 heterocycles. The molecule has 3 aromatic rings. The predicted molar refractivity (Wildman–Crippen MR) is 88.4 cm³/mol. The Labute approximate surface area is 123 Å². The second kappa shape index (κ2) is 5.63. The molecule has 0 aliphatic carbocycles. The highest BCUT2D eigenvalue weighted by Crippen LogP contribution is 2.30. The van der Waals surface area contributed by atoms with Crippen molar-refractivity contribution in [2.75, 3.05) is 11.9 Å². The lowest BCUT2D eigenvalue weighted by Gasteiger charge is -2.05. The zero-order valence-electron chi connectivity index (χ0n) is 11.8. The van der Waals surface area contributed by atoms with Gasteiger partial charge in [0.25, 0.3) is 0 Å². The van der Waals surface area contributed by atoms with Crippen LogP contribution in [0.3, 0.4) is 0 Å². The summed E-state index contributed by atoms with van der Waals surface area (Å²) in [4.78, 5) is 4.71. The summed E-state index contributed by atoms with van der Waals surface area (Å²) in [6.07, 6.45) is 0. The molecule has 0 bridgehead atoms. The molecule has 2 aromatic carbocycles. The molecule has 0 aliphatic heterocycles. The first-order valence-corrected chi connectivity index (χ1v) is 7.79. The van der Waals surface area contributed by atoms with E-state index < -0.39 is 0 Å². The summed E-state index contributed by atoms with van der Waals surface area (Å²) in [6, 6.07) is 14.8. The molecular weight excluding hydrogens is 264 g/mol. The third kappa shape index (κ3) is 2.68. The number of hydrogen-bond donors (Lipinski definition) is 1. The van der Waals surface area contributed by atoms with Gasteiger partial charge in [-0.25, -0.2) is 4.98 Å². The third-order valence-corrected chi connectivity index (χ3v) is 4.03. The van der Waals surface area contributed by atoms with E-state index in [9.17, 15) is 0 Å². The van der Waals surface area contributed by atoms with Crippen LogP contribution < -0.4 is 5.32 Å². The van der Waals surface area contributed by atoms with E-state index in [1.54, 1.807) is 11.3 Å². The minimum Gasteiger partial charge on any atom is -0.361 e. The SMILES string of the molecule is CC(C)CNc1nc(-c2cccc3ccccc23)cs1. The van der Waals surface area contributed by atoms with Gasteiger partial charge in [0, 0.05) is 17.5 Å². The van der Waals surface area contributed by atoms with Gasteiger partial charge < -0.3 is 5.32 Å². The van der Waals surface area contributed by atoms with Crippen LogP contribution in [0.15, 0.2) is 47.8 Å². The van der Waals surface area contributed by atoms with E-state index in [0.29, 0.717) is 5.92 Å². The molecular formula is C17H18N2S. The zero-order valence-corrected chi connectivity index (χ0v) is 12.6. The van der Waals surface area contributed by atoms with E-state index in [-0.39, 0.29) is 0 Å². The summed E-state index contributed by atoms with van der Waals surface area (Å²) in [5.74, 6) is 0.625. The van der Waals surface area contributed by atoms with Crippen molar-refractivity contribution in [1.29, 1.82) is 0 Å². The van der Waals surface area contributed by atoms with Crippen LogP contribution in [0.4, 0.5) is 5.13 Å². The first-order valence-electron chi connectivity index (χ1n) is 6.91. The second-order valence-corrected chi connectivity index (χ2v) is 6.20. The number of nitrogens with zero attached hydrogens (tertiary/aromatic N) is 1. The van der Waals surface area contributed by atoms with Gasteiger partial charge in [0.2, 0.25) is 0 Å². The Balaban J connectivity index is 1.95. The number of aromatic nitrogens is 1. The molecule has 1 N–H and O–H groups in total. The molecule has 0 saturated heterocycles. The van der Waals surface area contributed by atoms with E-state index in [2.05, 4.69) is 67.0 Å². The fourth-order valence-corrected chi connectivity index (χ4v) is 2.94. The minimum atomic E-state index is 0.625. The van der Waals surface area contributed by atoms with Crippen molar-refractivity contribution in [3.8, 4) is 11.3 Å². The van der Waals surface area contributed by atoms with E-state index in [1.807, 2.05) is 0 Å². The van der Waals surface area contributed by atoms with Gasteiger partial charge in [-0.05, 0) is 16.7 Å². The molecule has 20 heavy (non-hydrogen) atoms. The van der Waals surface area contributed by atoms with E-state index in [4.69, 9.17) is 4.98 Å². The molecule has 0 atom stereocenters. The Morgan fingerprint density at radius 1 is 1.10 bits per heavy atom. The van der Waals surface area contributed by atoms with Crippen molar-refractivity contribution < 1.29 is 0 Å². The standard InChI is InChI=1S/C17H18N2S/c1-12(2)10-18-17-19-16(11-20-17)15-9-5-7-13-6-3-4-8-14(13)15/h3-9,11-12H,10H2,1-2H3,(H,18,19). The van der Waals surface area contributed by atoms with Crippen molar-refractivity contribution >= 4 is 27.2 Å². The number of hydrogen-bond acceptors (Lipinski definition) is 3. The van der Waals surface area contributed by atoms with Crippen molar-refractivity contribution in [2.45, 2.75) is 13.8 Å². The Morgan fingerprint density at radius 3 is 2.75 bits per heavy atom. The number of benzene rings is 2. The summed E-state index contributed by atoms with van der Waals surface area (Å²) in [6.45, 7) is 5.36. The number of rotatable bonds is 4. The number of thiazole rings is 1. The number of fused-ring (bicyclic) bond motifs is 1. The van der Waals surface area contributed by atoms with Crippen molar-refractivity contribution in [3.63, 3.8) is 0 Å². The Kier molecular flexibility index (Phi) is 3.70. The molecule has 2 nitrogen and oxygen atoms in total. The Bertz CT molecular complexity index is 710. The second-order valence-electron chi connectivity index (χ2n) is 5.34. The lowest BCUT2D eigenvalue weighted by Crippen LogP contribution is -2.07. The largest absolute Gasteiger partial charge is 0.361 e. The van der Waals surface area contributed by atoms with Crippen LogP contribution in [0.1, 0.15) is 13.8 Å². The molecule has 0 amide bonds. The molecule has 3 heteroatoms. The molecule has 0 fully saturated rings. The first-order chi connectivity index (χ1) is 9.74. The fraction of sp³-hybridized carbons (Fsp3) is 0.235. The topological polar surface area (TPSA) is 24.9 Å². The highest BCUT2D eigenvalue weighted by Gasteiger charge is 2.08.